The number of carbonyl (C=O) groups excluding carboxylic acids is 2. The van der Waals surface area contributed by atoms with Crippen LogP contribution in [-0.4, -0.2) is 35.3 Å². The van der Waals surface area contributed by atoms with Crippen molar-refractivity contribution in [2.24, 2.45) is 28.8 Å². The zero-order valence-corrected chi connectivity index (χ0v) is 15.5. The fraction of sp³-hybridized carbons (Fsp3) is 0.353. The smallest absolute Gasteiger partial charge is 0.254 e. The first-order valence-corrected chi connectivity index (χ1v) is 8.96. The van der Waals surface area contributed by atoms with Crippen LogP contribution < -0.4 is 4.74 Å². The van der Waals surface area contributed by atoms with Crippen molar-refractivity contribution in [3.8, 4) is 11.5 Å². The quantitative estimate of drug-likeness (QED) is 0.459. The van der Waals surface area contributed by atoms with Crippen LogP contribution in [-0.2, 0) is 9.59 Å². The Morgan fingerprint density at radius 2 is 1.92 bits per heavy atom. The minimum Gasteiger partial charge on any atom is -0.503 e. The number of halogens is 2. The average Bonchev–Trinajstić information content (AvgIpc) is 3.28. The maximum absolute atomic E-state index is 12.6. The molecule has 1 heterocycles. The molecule has 1 aromatic carbocycles. The molecule has 25 heavy (non-hydrogen) atoms. The maximum atomic E-state index is 12.6. The molecular formula is C17H14BrClN2O4. The van der Waals surface area contributed by atoms with Crippen LogP contribution in [0.3, 0.4) is 0 Å². The number of benzene rings is 1. The molecule has 2 fully saturated rings. The Kier molecular flexibility index (Phi) is 3.88. The fourth-order valence-corrected chi connectivity index (χ4v) is 4.59. The van der Waals surface area contributed by atoms with Gasteiger partial charge in [-0.25, -0.2) is 0 Å². The third-order valence-corrected chi connectivity index (χ3v) is 6.60. The van der Waals surface area contributed by atoms with Gasteiger partial charge in [-0.1, -0.05) is 23.8 Å². The first-order valence-electron chi connectivity index (χ1n) is 7.79. The van der Waals surface area contributed by atoms with Crippen molar-refractivity contribution < 1.29 is 19.4 Å². The lowest BCUT2D eigenvalue weighted by molar-refractivity contribution is -0.140. The van der Waals surface area contributed by atoms with E-state index in [-0.39, 0.29) is 52.0 Å². The number of carbonyl (C=O) groups is 2. The Balaban J connectivity index is 1.64. The number of hydrogen-bond acceptors (Lipinski definition) is 5. The van der Waals surface area contributed by atoms with Crippen molar-refractivity contribution in [1.29, 1.82) is 0 Å². The highest BCUT2D eigenvalue weighted by atomic mass is 79.9. The van der Waals surface area contributed by atoms with Crippen LogP contribution in [0, 0.1) is 23.7 Å². The van der Waals surface area contributed by atoms with Gasteiger partial charge in [-0.2, -0.15) is 10.1 Å². The van der Waals surface area contributed by atoms with Crippen LogP contribution in [0.25, 0.3) is 0 Å². The van der Waals surface area contributed by atoms with E-state index in [9.17, 15) is 14.7 Å². The first kappa shape index (κ1) is 16.6. The Morgan fingerprint density at radius 3 is 2.48 bits per heavy atom. The predicted octanol–water partition coefficient (Wildman–Crippen LogP) is 2.96. The zero-order valence-electron chi connectivity index (χ0n) is 13.1. The summed E-state index contributed by atoms with van der Waals surface area (Å²) in [6, 6.07) is 1.52. The Morgan fingerprint density at radius 1 is 1.32 bits per heavy atom. The Bertz CT molecular complexity index is 824. The van der Waals surface area contributed by atoms with E-state index >= 15 is 0 Å². The summed E-state index contributed by atoms with van der Waals surface area (Å²) in [4.78, 5) is 25.2. The van der Waals surface area contributed by atoms with Crippen LogP contribution in [0.5, 0.6) is 11.5 Å². The molecule has 4 atom stereocenters. The van der Waals surface area contributed by atoms with Crippen LogP contribution >= 0.6 is 27.5 Å². The summed E-state index contributed by atoms with van der Waals surface area (Å²) in [6.07, 6.45) is 6.31. The summed E-state index contributed by atoms with van der Waals surface area (Å²) in [5, 5.41) is 15.0. The molecule has 8 heteroatoms. The van der Waals surface area contributed by atoms with E-state index in [1.54, 1.807) is 0 Å². The number of phenolic OH excluding ortho intramolecular Hbond substituents is 1. The molecule has 1 N–H and O–H groups in total. The largest absolute Gasteiger partial charge is 0.503 e. The molecule has 1 aromatic rings. The molecular weight excluding hydrogens is 412 g/mol. The third-order valence-electron chi connectivity index (χ3n) is 5.15. The van der Waals surface area contributed by atoms with Gasteiger partial charge in [0.25, 0.3) is 11.8 Å². The van der Waals surface area contributed by atoms with Gasteiger partial charge >= 0.3 is 0 Å². The molecule has 130 valence electrons. The van der Waals surface area contributed by atoms with Gasteiger partial charge in [0.2, 0.25) is 0 Å². The fourth-order valence-electron chi connectivity index (χ4n) is 3.98. The first-order chi connectivity index (χ1) is 11.9. The van der Waals surface area contributed by atoms with Crippen LogP contribution in [0.15, 0.2) is 27.8 Å². The SMILES string of the molecule is COc1cc(C=NN2C(=O)C3C4C=CC(C4)C3C2=O)c(Br)c(Cl)c1O. The molecule has 2 bridgehead atoms. The molecule has 2 aliphatic carbocycles. The maximum Gasteiger partial charge on any atom is 0.254 e. The van der Waals surface area contributed by atoms with Crippen molar-refractivity contribution in [3.63, 3.8) is 0 Å². The van der Waals surface area contributed by atoms with Gasteiger partial charge in [-0.05, 0) is 40.3 Å². The number of fused-ring (bicyclic) bond motifs is 5. The number of amides is 2. The molecule has 1 saturated heterocycles. The van der Waals surface area contributed by atoms with Gasteiger partial charge < -0.3 is 9.84 Å². The normalized spacial score (nSPS) is 30.0. The van der Waals surface area contributed by atoms with Crippen LogP contribution in [0.2, 0.25) is 5.02 Å². The number of hydrogen-bond donors (Lipinski definition) is 1. The van der Waals surface area contributed by atoms with Gasteiger partial charge in [0, 0.05) is 10.0 Å². The Hall–Kier alpha value is -1.86. The highest BCUT2D eigenvalue weighted by molar-refractivity contribution is 9.10. The summed E-state index contributed by atoms with van der Waals surface area (Å²) in [7, 11) is 1.40. The molecule has 0 radical (unpaired) electrons. The molecule has 0 aromatic heterocycles. The second kappa shape index (κ2) is 5.85. The number of nitrogens with zero attached hydrogens (tertiary/aromatic N) is 2. The van der Waals surface area contributed by atoms with Gasteiger partial charge in [0.1, 0.15) is 5.02 Å². The van der Waals surface area contributed by atoms with Crippen molar-refractivity contribution >= 4 is 45.6 Å². The number of imide groups is 1. The molecule has 6 nitrogen and oxygen atoms in total. The number of allylic oxidation sites excluding steroid dienone is 2. The predicted molar refractivity (Wildman–Crippen MR) is 94.5 cm³/mol. The van der Waals surface area contributed by atoms with Gasteiger partial charge in [0.05, 0.1) is 25.2 Å². The highest BCUT2D eigenvalue weighted by Crippen LogP contribution is 2.52. The topological polar surface area (TPSA) is 79.2 Å². The molecule has 1 aliphatic heterocycles. The summed E-state index contributed by atoms with van der Waals surface area (Å²) >= 11 is 9.32. The van der Waals surface area contributed by atoms with E-state index in [1.165, 1.54) is 19.4 Å². The number of rotatable bonds is 3. The third kappa shape index (κ3) is 2.33. The molecule has 1 saturated carbocycles. The zero-order chi connectivity index (χ0) is 17.9. The highest BCUT2D eigenvalue weighted by Gasteiger charge is 2.59. The molecule has 3 aliphatic rings. The number of aromatic hydroxyl groups is 1. The lowest BCUT2D eigenvalue weighted by Gasteiger charge is -2.13. The van der Waals surface area contributed by atoms with Crippen molar-refractivity contribution in [2.75, 3.05) is 7.11 Å². The number of phenols is 1. The van der Waals surface area contributed by atoms with Crippen LogP contribution in [0.1, 0.15) is 12.0 Å². The lowest BCUT2D eigenvalue weighted by Crippen LogP contribution is -2.28. The summed E-state index contributed by atoms with van der Waals surface area (Å²) in [5.41, 5.74) is 0.485. The molecule has 4 rings (SSSR count). The standard InChI is InChI=1S/C17H14BrClN2O4/c1-25-10-5-9(13(18)14(19)15(10)22)6-20-21-16(23)11-7-2-3-8(4-7)12(11)17(21)24/h2-3,5-8,11-12,22H,4H2,1H3. The second-order valence-corrected chi connectivity index (χ2v) is 7.55. The average molecular weight is 426 g/mol. The van der Waals surface area contributed by atoms with Crippen molar-refractivity contribution in [2.45, 2.75) is 6.42 Å². The monoisotopic (exact) mass is 424 g/mol. The summed E-state index contributed by atoms with van der Waals surface area (Å²) in [5.74, 6) is -0.830. The van der Waals surface area contributed by atoms with E-state index in [4.69, 9.17) is 16.3 Å². The second-order valence-electron chi connectivity index (χ2n) is 6.38. The van der Waals surface area contributed by atoms with Gasteiger partial charge in [-0.15, -0.1) is 0 Å². The van der Waals surface area contributed by atoms with E-state index in [0.717, 1.165) is 11.4 Å². The minimum absolute atomic E-state index is 0.0685. The Labute approximate surface area is 157 Å². The van der Waals surface area contributed by atoms with E-state index < -0.39 is 0 Å². The number of methoxy groups -OCH3 is 1. The molecule has 0 spiro atoms. The summed E-state index contributed by atoms with van der Waals surface area (Å²) in [6.45, 7) is 0. The molecule has 4 unspecified atom stereocenters. The van der Waals surface area contributed by atoms with Crippen LogP contribution in [0.4, 0.5) is 0 Å². The lowest BCUT2D eigenvalue weighted by atomic mass is 9.85. The van der Waals surface area contributed by atoms with Gasteiger partial charge in [0.15, 0.2) is 11.5 Å². The van der Waals surface area contributed by atoms with Crippen molar-refractivity contribution in [3.05, 3.63) is 33.3 Å². The number of ether oxygens (including phenoxy) is 1. The van der Waals surface area contributed by atoms with E-state index in [1.807, 2.05) is 12.2 Å². The van der Waals surface area contributed by atoms with Crippen molar-refractivity contribution in [1.82, 2.24) is 5.01 Å². The summed E-state index contributed by atoms with van der Waals surface area (Å²) < 4.78 is 5.46. The minimum atomic E-state index is -0.291. The van der Waals surface area contributed by atoms with Gasteiger partial charge in [-0.3, -0.25) is 9.59 Å². The van der Waals surface area contributed by atoms with E-state index in [2.05, 4.69) is 21.0 Å². The number of hydrazone groups is 1. The van der Waals surface area contributed by atoms with E-state index in [0.29, 0.717) is 10.0 Å². The molecule has 2 amide bonds.